The topological polar surface area (TPSA) is 70.0 Å². The van der Waals surface area contributed by atoms with E-state index >= 15 is 0 Å². The van der Waals surface area contributed by atoms with Crippen molar-refractivity contribution in [2.45, 2.75) is 19.4 Å². The molecule has 3 heterocycles. The molecule has 1 amide bonds. The molecule has 0 bridgehead atoms. The molecule has 0 saturated carbocycles. The molecule has 0 aliphatic carbocycles. The summed E-state index contributed by atoms with van der Waals surface area (Å²) in [6.45, 7) is 3.14. The van der Waals surface area contributed by atoms with E-state index in [1.807, 2.05) is 13.0 Å². The molecule has 7 nitrogen and oxygen atoms in total. The maximum atomic E-state index is 12.7. The highest BCUT2D eigenvalue weighted by atomic mass is 16.7. The molecule has 0 spiro atoms. The van der Waals surface area contributed by atoms with E-state index in [9.17, 15) is 9.59 Å². The lowest BCUT2D eigenvalue weighted by Crippen LogP contribution is -2.31. The summed E-state index contributed by atoms with van der Waals surface area (Å²) < 4.78 is 18.1. The van der Waals surface area contributed by atoms with Crippen molar-refractivity contribution < 1.29 is 19.0 Å². The van der Waals surface area contributed by atoms with Crippen LogP contribution in [0.25, 0.3) is 0 Å². The van der Waals surface area contributed by atoms with Crippen LogP contribution in [0.2, 0.25) is 0 Å². The minimum Gasteiger partial charge on any atom is -0.488 e. The molecule has 136 valence electrons. The second-order valence-corrected chi connectivity index (χ2v) is 6.58. The lowest BCUT2D eigenvalue weighted by Gasteiger charge is -2.18. The van der Waals surface area contributed by atoms with Crippen LogP contribution in [0.5, 0.6) is 17.2 Å². The molecule has 2 aliphatic rings. The van der Waals surface area contributed by atoms with Crippen LogP contribution in [-0.2, 0) is 7.05 Å². The molecule has 7 heteroatoms. The van der Waals surface area contributed by atoms with Crippen molar-refractivity contribution in [3.63, 3.8) is 0 Å². The largest absolute Gasteiger partial charge is 0.488 e. The molecule has 2 aromatic rings. The molecule has 1 saturated heterocycles. The van der Waals surface area contributed by atoms with Gasteiger partial charge in [0.05, 0.1) is 6.54 Å². The number of ether oxygens (including phenoxy) is 3. The number of fused-ring (bicyclic) bond motifs is 1. The van der Waals surface area contributed by atoms with Gasteiger partial charge in [-0.3, -0.25) is 9.59 Å². The van der Waals surface area contributed by atoms with Crippen molar-refractivity contribution in [2.75, 3.05) is 19.9 Å². The fourth-order valence-electron chi connectivity index (χ4n) is 3.22. The van der Waals surface area contributed by atoms with E-state index in [1.165, 1.54) is 6.07 Å². The van der Waals surface area contributed by atoms with Crippen LogP contribution >= 0.6 is 0 Å². The minimum absolute atomic E-state index is 0.0606. The molecule has 26 heavy (non-hydrogen) atoms. The van der Waals surface area contributed by atoms with E-state index in [0.717, 1.165) is 12.1 Å². The second kappa shape index (κ2) is 6.40. The van der Waals surface area contributed by atoms with Gasteiger partial charge in [-0.05, 0) is 31.2 Å². The van der Waals surface area contributed by atoms with Gasteiger partial charge in [0, 0.05) is 37.3 Å². The number of benzene rings is 1. The Morgan fingerprint density at radius 1 is 1.19 bits per heavy atom. The van der Waals surface area contributed by atoms with Gasteiger partial charge in [0.25, 0.3) is 11.5 Å². The maximum absolute atomic E-state index is 12.7. The molecule has 4 rings (SSSR count). The summed E-state index contributed by atoms with van der Waals surface area (Å²) in [4.78, 5) is 26.4. The van der Waals surface area contributed by atoms with Gasteiger partial charge in [0.1, 0.15) is 11.9 Å². The summed E-state index contributed by atoms with van der Waals surface area (Å²) in [6, 6.07) is 8.53. The molecular formula is C19H20N2O5. The fourth-order valence-corrected chi connectivity index (χ4v) is 3.22. The Hall–Kier alpha value is -2.96. The van der Waals surface area contributed by atoms with Crippen molar-refractivity contribution in [3.05, 3.63) is 51.9 Å². The SMILES string of the molecule is Cc1cc(OC2CCN(C(=O)c3ccc4c(c3)OCO4)C2)cc(=O)n1C. The number of rotatable bonds is 3. The number of aromatic nitrogens is 1. The molecular weight excluding hydrogens is 336 g/mol. The highest BCUT2D eigenvalue weighted by Gasteiger charge is 2.29. The lowest BCUT2D eigenvalue weighted by atomic mass is 10.2. The van der Waals surface area contributed by atoms with Gasteiger partial charge in [0.15, 0.2) is 11.5 Å². The molecule has 1 fully saturated rings. The van der Waals surface area contributed by atoms with Crippen molar-refractivity contribution in [3.8, 4) is 17.2 Å². The van der Waals surface area contributed by atoms with Gasteiger partial charge in [-0.2, -0.15) is 0 Å². The average Bonchev–Trinajstić information content (AvgIpc) is 3.27. The van der Waals surface area contributed by atoms with Crippen LogP contribution in [0.1, 0.15) is 22.5 Å². The summed E-state index contributed by atoms with van der Waals surface area (Å²) in [5.41, 5.74) is 1.30. The first kappa shape index (κ1) is 16.5. The van der Waals surface area contributed by atoms with Gasteiger partial charge >= 0.3 is 0 Å². The standard InChI is InChI=1S/C19H20N2O5/c1-12-7-15(9-18(22)20(12)2)26-14-5-6-21(10-14)19(23)13-3-4-16-17(8-13)25-11-24-16/h3-4,7-9,14H,5-6,10-11H2,1-2H3. The Morgan fingerprint density at radius 2 is 2.00 bits per heavy atom. The number of nitrogens with zero attached hydrogens (tertiary/aromatic N) is 2. The second-order valence-electron chi connectivity index (χ2n) is 6.58. The third-order valence-corrected chi connectivity index (χ3v) is 4.83. The van der Waals surface area contributed by atoms with Gasteiger partial charge in [-0.1, -0.05) is 0 Å². The third-order valence-electron chi connectivity index (χ3n) is 4.83. The number of pyridine rings is 1. The van der Waals surface area contributed by atoms with Crippen LogP contribution in [0.4, 0.5) is 0 Å². The molecule has 1 aromatic carbocycles. The predicted octanol–water partition coefficient (Wildman–Crippen LogP) is 1.72. The van der Waals surface area contributed by atoms with Crippen LogP contribution in [-0.4, -0.2) is 41.4 Å². The smallest absolute Gasteiger partial charge is 0.254 e. The third kappa shape index (κ3) is 3.00. The molecule has 2 aliphatic heterocycles. The molecule has 1 aromatic heterocycles. The van der Waals surface area contributed by atoms with Crippen LogP contribution in [0, 0.1) is 6.92 Å². The van der Waals surface area contributed by atoms with E-state index in [1.54, 1.807) is 34.7 Å². The number of hydrogen-bond donors (Lipinski definition) is 0. The zero-order valence-corrected chi connectivity index (χ0v) is 14.7. The summed E-state index contributed by atoms with van der Waals surface area (Å²) >= 11 is 0. The predicted molar refractivity (Wildman–Crippen MR) is 93.9 cm³/mol. The number of carbonyl (C=O) groups excluding carboxylic acids is 1. The normalized spacial score (nSPS) is 18.2. The lowest BCUT2D eigenvalue weighted by molar-refractivity contribution is 0.0772. The fraction of sp³-hybridized carbons (Fsp3) is 0.368. The Morgan fingerprint density at radius 3 is 2.81 bits per heavy atom. The number of hydrogen-bond acceptors (Lipinski definition) is 5. The first-order valence-corrected chi connectivity index (χ1v) is 8.54. The van der Waals surface area contributed by atoms with Crippen LogP contribution in [0.3, 0.4) is 0 Å². The van der Waals surface area contributed by atoms with E-state index in [0.29, 0.717) is 35.9 Å². The monoisotopic (exact) mass is 356 g/mol. The van der Waals surface area contributed by atoms with Crippen molar-refractivity contribution >= 4 is 5.91 Å². The van der Waals surface area contributed by atoms with E-state index in [2.05, 4.69) is 0 Å². The first-order chi connectivity index (χ1) is 12.5. The number of aryl methyl sites for hydroxylation is 1. The van der Waals surface area contributed by atoms with Gasteiger partial charge in [-0.25, -0.2) is 0 Å². The van der Waals surface area contributed by atoms with Crippen molar-refractivity contribution in [2.24, 2.45) is 7.05 Å². The van der Waals surface area contributed by atoms with Crippen molar-refractivity contribution in [1.82, 2.24) is 9.47 Å². The summed E-state index contributed by atoms with van der Waals surface area (Å²) in [6.07, 6.45) is 0.601. The van der Waals surface area contributed by atoms with Gasteiger partial charge in [0.2, 0.25) is 6.79 Å². The Bertz CT molecular complexity index is 921. The summed E-state index contributed by atoms with van der Waals surface area (Å²) in [7, 11) is 1.72. The van der Waals surface area contributed by atoms with E-state index < -0.39 is 0 Å². The maximum Gasteiger partial charge on any atom is 0.254 e. The molecule has 1 unspecified atom stereocenters. The van der Waals surface area contributed by atoms with Crippen LogP contribution in [0.15, 0.2) is 35.1 Å². The molecule has 1 atom stereocenters. The van der Waals surface area contributed by atoms with Gasteiger partial charge in [-0.15, -0.1) is 0 Å². The Kier molecular flexibility index (Phi) is 4.06. The summed E-state index contributed by atoms with van der Waals surface area (Å²) in [5, 5.41) is 0. The zero-order valence-electron chi connectivity index (χ0n) is 14.7. The summed E-state index contributed by atoms with van der Waals surface area (Å²) in [5.74, 6) is 1.74. The molecule has 0 radical (unpaired) electrons. The Labute approximate surface area is 150 Å². The quantitative estimate of drug-likeness (QED) is 0.837. The van der Waals surface area contributed by atoms with Crippen LogP contribution < -0.4 is 19.8 Å². The number of carbonyl (C=O) groups is 1. The Balaban J connectivity index is 1.43. The highest BCUT2D eigenvalue weighted by molar-refractivity contribution is 5.95. The highest BCUT2D eigenvalue weighted by Crippen LogP contribution is 2.33. The minimum atomic E-state index is -0.125. The van der Waals surface area contributed by atoms with Gasteiger partial charge < -0.3 is 23.7 Å². The first-order valence-electron chi connectivity index (χ1n) is 8.54. The number of amides is 1. The van der Waals surface area contributed by atoms with E-state index in [4.69, 9.17) is 14.2 Å². The number of likely N-dealkylation sites (tertiary alicyclic amines) is 1. The van der Waals surface area contributed by atoms with E-state index in [-0.39, 0.29) is 24.4 Å². The zero-order chi connectivity index (χ0) is 18.3. The average molecular weight is 356 g/mol. The molecule has 0 N–H and O–H groups in total. The van der Waals surface area contributed by atoms with Crippen molar-refractivity contribution in [1.29, 1.82) is 0 Å².